The zero-order valence-corrected chi connectivity index (χ0v) is 20.5. The molecular formula is C25H26ClN3OS2. The zero-order chi connectivity index (χ0) is 22.1. The maximum absolute atomic E-state index is 13.8. The second-order valence-electron chi connectivity index (χ2n) is 8.25. The number of hydrogen-bond donors (Lipinski definition) is 0. The van der Waals surface area contributed by atoms with E-state index in [4.69, 9.17) is 16.6 Å². The topological polar surface area (TPSA) is 35.9 Å². The Kier molecular flexibility index (Phi) is 6.54. The summed E-state index contributed by atoms with van der Waals surface area (Å²) in [5, 5.41) is 2.57. The molecule has 0 atom stereocenters. The summed E-state index contributed by atoms with van der Waals surface area (Å²) in [7, 11) is 0. The number of nitrogens with zero attached hydrogens (tertiary/aromatic N) is 3. The van der Waals surface area contributed by atoms with E-state index in [0.29, 0.717) is 11.6 Å². The Morgan fingerprint density at radius 1 is 1.06 bits per heavy atom. The van der Waals surface area contributed by atoms with Gasteiger partial charge in [-0.2, -0.15) is 0 Å². The first-order chi connectivity index (χ1) is 15.7. The van der Waals surface area contributed by atoms with Gasteiger partial charge in [-0.15, -0.1) is 0 Å². The molecule has 2 aliphatic heterocycles. The second-order valence-corrected chi connectivity index (χ2v) is 10.7. The molecule has 2 heterocycles. The summed E-state index contributed by atoms with van der Waals surface area (Å²) < 4.78 is 0. The van der Waals surface area contributed by atoms with Gasteiger partial charge in [0.25, 0.3) is 5.91 Å². The van der Waals surface area contributed by atoms with Crippen LogP contribution in [0.2, 0.25) is 5.02 Å². The molecule has 3 aliphatic rings. The Balaban J connectivity index is 1.51. The predicted molar refractivity (Wildman–Crippen MR) is 136 cm³/mol. The molecule has 0 spiro atoms. The molecule has 0 bridgehead atoms. The van der Waals surface area contributed by atoms with Crippen molar-refractivity contribution in [3.8, 4) is 0 Å². The minimum atomic E-state index is 0.105. The van der Waals surface area contributed by atoms with Crippen molar-refractivity contribution in [3.63, 3.8) is 0 Å². The maximum Gasteiger partial charge on any atom is 0.269 e. The lowest BCUT2D eigenvalue weighted by molar-refractivity contribution is -0.124. The molecule has 7 heteroatoms. The van der Waals surface area contributed by atoms with Crippen molar-refractivity contribution in [2.75, 3.05) is 11.4 Å². The number of carbonyl (C=O) groups is 1. The predicted octanol–water partition coefficient (Wildman–Crippen LogP) is 6.91. The van der Waals surface area contributed by atoms with Crippen LogP contribution in [0.15, 0.2) is 68.4 Å². The highest BCUT2D eigenvalue weighted by Gasteiger charge is 2.42. The van der Waals surface area contributed by atoms with Gasteiger partial charge in [0, 0.05) is 22.5 Å². The molecule has 0 unspecified atom stereocenters. The summed E-state index contributed by atoms with van der Waals surface area (Å²) in [5.74, 6) is 0.105. The van der Waals surface area contributed by atoms with Crippen LogP contribution >= 0.6 is 35.1 Å². The Bertz CT molecular complexity index is 1080. The van der Waals surface area contributed by atoms with Crippen LogP contribution in [0, 0.1) is 0 Å². The number of amides is 1. The largest absolute Gasteiger partial charge is 0.334 e. The van der Waals surface area contributed by atoms with Crippen molar-refractivity contribution in [3.05, 3.63) is 69.1 Å². The fourth-order valence-corrected chi connectivity index (χ4v) is 7.14. The Hall–Kier alpha value is -1.89. The molecule has 0 radical (unpaired) electrons. The van der Waals surface area contributed by atoms with E-state index in [9.17, 15) is 4.79 Å². The lowest BCUT2D eigenvalue weighted by Crippen LogP contribution is -2.40. The highest BCUT2D eigenvalue weighted by molar-refractivity contribution is 8.19. The summed E-state index contributed by atoms with van der Waals surface area (Å²) in [5.41, 5.74) is 2.24. The normalized spacial score (nSPS) is 22.8. The fraction of sp³-hybridized carbons (Fsp3) is 0.360. The molecule has 32 heavy (non-hydrogen) atoms. The van der Waals surface area contributed by atoms with Crippen LogP contribution in [0.5, 0.6) is 0 Å². The number of carbonyl (C=O) groups excluding carboxylic acids is 1. The molecule has 2 fully saturated rings. The van der Waals surface area contributed by atoms with Crippen molar-refractivity contribution in [2.45, 2.75) is 56.5 Å². The third-order valence-corrected chi connectivity index (χ3v) is 8.79. The number of rotatable bonds is 4. The van der Waals surface area contributed by atoms with Crippen LogP contribution < -0.4 is 4.90 Å². The van der Waals surface area contributed by atoms with Gasteiger partial charge in [0.05, 0.1) is 12.2 Å². The van der Waals surface area contributed by atoms with Gasteiger partial charge < -0.3 is 4.90 Å². The molecule has 1 aliphatic carbocycles. The van der Waals surface area contributed by atoms with Gasteiger partial charge in [-0.3, -0.25) is 14.7 Å². The average molecular weight is 484 g/mol. The molecule has 1 saturated carbocycles. The number of hydrogen-bond acceptors (Lipinski definition) is 5. The van der Waals surface area contributed by atoms with Crippen LogP contribution in [-0.2, 0) is 11.3 Å². The van der Waals surface area contributed by atoms with Gasteiger partial charge in [-0.05, 0) is 55.3 Å². The van der Waals surface area contributed by atoms with Gasteiger partial charge in [0.2, 0.25) is 0 Å². The van der Waals surface area contributed by atoms with E-state index < -0.39 is 0 Å². The number of benzene rings is 2. The molecule has 2 aromatic rings. The van der Waals surface area contributed by atoms with Crippen molar-refractivity contribution in [1.82, 2.24) is 4.90 Å². The maximum atomic E-state index is 13.8. The first kappa shape index (κ1) is 21.9. The van der Waals surface area contributed by atoms with Crippen LogP contribution in [0.3, 0.4) is 0 Å². The highest BCUT2D eigenvalue weighted by Crippen LogP contribution is 2.51. The fourth-order valence-electron chi connectivity index (χ4n) is 4.57. The van der Waals surface area contributed by atoms with Gasteiger partial charge in [0.1, 0.15) is 9.93 Å². The quantitative estimate of drug-likeness (QED) is 0.443. The number of halogens is 1. The standard InChI is InChI=1S/C25H26ClN3OS2/c1-2-28-20-15-18(26)13-14-21(20)31-24(28)22-23(30)29(19-11-7-4-8-12-19)25(32-22)27-16-17-9-5-3-6-10-17/h3,5-6,9-10,13-15,19H,2,4,7-8,11-12,16H2,1H3/b24-22-,27-25?. The molecule has 2 aromatic carbocycles. The van der Waals surface area contributed by atoms with Crippen molar-refractivity contribution in [2.24, 2.45) is 4.99 Å². The van der Waals surface area contributed by atoms with E-state index in [-0.39, 0.29) is 11.9 Å². The third kappa shape index (κ3) is 4.20. The molecular weight excluding hydrogens is 458 g/mol. The molecule has 1 amide bonds. The van der Waals surface area contributed by atoms with Crippen LogP contribution in [-0.4, -0.2) is 28.6 Å². The minimum Gasteiger partial charge on any atom is -0.334 e. The van der Waals surface area contributed by atoms with E-state index in [1.165, 1.54) is 19.3 Å². The first-order valence-corrected chi connectivity index (χ1v) is 13.3. The summed E-state index contributed by atoms with van der Waals surface area (Å²) in [4.78, 5) is 24.9. The SMILES string of the molecule is CCN1/C(=C2/SC(=NCc3ccccc3)N(C3CCCCC3)C2=O)Sc2ccc(Cl)cc21. The zero-order valence-electron chi connectivity index (χ0n) is 18.1. The number of fused-ring (bicyclic) bond motifs is 1. The number of thioether (sulfide) groups is 2. The van der Waals surface area contributed by atoms with Gasteiger partial charge in [-0.1, -0.05) is 73.0 Å². The van der Waals surface area contributed by atoms with Crippen LogP contribution in [0.1, 0.15) is 44.6 Å². The van der Waals surface area contributed by atoms with Gasteiger partial charge in [-0.25, -0.2) is 0 Å². The lowest BCUT2D eigenvalue weighted by atomic mass is 9.94. The third-order valence-electron chi connectivity index (χ3n) is 6.17. The summed E-state index contributed by atoms with van der Waals surface area (Å²) >= 11 is 9.49. The molecule has 4 nitrogen and oxygen atoms in total. The van der Waals surface area contributed by atoms with Crippen LogP contribution in [0.25, 0.3) is 0 Å². The van der Waals surface area contributed by atoms with Crippen LogP contribution in [0.4, 0.5) is 5.69 Å². The number of anilines is 1. The smallest absolute Gasteiger partial charge is 0.269 e. The summed E-state index contributed by atoms with van der Waals surface area (Å²) in [6.45, 7) is 3.49. The molecule has 1 saturated heterocycles. The van der Waals surface area contributed by atoms with Crippen molar-refractivity contribution in [1.29, 1.82) is 0 Å². The van der Waals surface area contributed by atoms with Crippen molar-refractivity contribution < 1.29 is 4.79 Å². The minimum absolute atomic E-state index is 0.105. The second kappa shape index (κ2) is 9.54. The number of amidine groups is 1. The van der Waals surface area contributed by atoms with E-state index in [1.54, 1.807) is 23.5 Å². The first-order valence-electron chi connectivity index (χ1n) is 11.2. The Morgan fingerprint density at radius 3 is 2.59 bits per heavy atom. The highest BCUT2D eigenvalue weighted by atomic mass is 35.5. The van der Waals surface area contributed by atoms with Crippen molar-refractivity contribution >= 4 is 51.9 Å². The Labute approximate surface area is 203 Å². The number of aliphatic imine (C=N–C) groups is 1. The van der Waals surface area contributed by atoms with E-state index in [0.717, 1.165) is 50.6 Å². The molecule has 0 N–H and O–H groups in total. The lowest BCUT2D eigenvalue weighted by Gasteiger charge is -2.30. The van der Waals surface area contributed by atoms with Gasteiger partial charge in [0.15, 0.2) is 5.17 Å². The average Bonchev–Trinajstić information content (AvgIpc) is 3.35. The van der Waals surface area contributed by atoms with E-state index in [2.05, 4.69) is 24.0 Å². The van der Waals surface area contributed by atoms with E-state index in [1.807, 2.05) is 41.3 Å². The monoisotopic (exact) mass is 483 g/mol. The molecule has 0 aromatic heterocycles. The Morgan fingerprint density at radius 2 is 1.84 bits per heavy atom. The summed E-state index contributed by atoms with van der Waals surface area (Å²) in [6.07, 6.45) is 5.72. The summed E-state index contributed by atoms with van der Waals surface area (Å²) in [6, 6.07) is 16.5. The molecule has 5 rings (SSSR count). The molecule has 166 valence electrons. The van der Waals surface area contributed by atoms with Gasteiger partial charge >= 0.3 is 0 Å². The van der Waals surface area contributed by atoms with E-state index >= 15 is 0 Å².